The van der Waals surface area contributed by atoms with Crippen molar-refractivity contribution in [3.8, 4) is 11.5 Å². The molecule has 0 atom stereocenters. The summed E-state index contributed by atoms with van der Waals surface area (Å²) in [5.74, 6) is 1.10. The molecule has 0 fully saturated rings. The maximum absolute atomic E-state index is 12.2. The van der Waals surface area contributed by atoms with Crippen LogP contribution in [-0.2, 0) is 0 Å². The van der Waals surface area contributed by atoms with Gasteiger partial charge in [0.2, 0.25) is 0 Å². The Balaban J connectivity index is 1.79. The smallest absolute Gasteiger partial charge is 0.257 e. The van der Waals surface area contributed by atoms with E-state index in [1.54, 1.807) is 24.4 Å². The van der Waals surface area contributed by atoms with Crippen molar-refractivity contribution in [1.29, 1.82) is 0 Å². The molecule has 0 saturated carbocycles. The molecule has 20 heavy (non-hydrogen) atoms. The summed E-state index contributed by atoms with van der Waals surface area (Å²) in [5.41, 5.74) is 0.530. The van der Waals surface area contributed by atoms with Gasteiger partial charge in [0.25, 0.3) is 5.91 Å². The maximum atomic E-state index is 12.2. The van der Waals surface area contributed by atoms with Gasteiger partial charge in [-0.15, -0.1) is 11.3 Å². The highest BCUT2D eigenvalue weighted by Gasteiger charge is 2.14. The van der Waals surface area contributed by atoms with Crippen LogP contribution < -0.4 is 14.8 Å². The number of nitrogens with zero attached hydrogens (tertiary/aromatic N) is 1. The van der Waals surface area contributed by atoms with Crippen LogP contribution in [0.25, 0.3) is 0 Å². The number of nitrogens with one attached hydrogen (secondary N) is 1. The third-order valence-corrected chi connectivity index (χ3v) is 3.68. The lowest BCUT2D eigenvalue weighted by Crippen LogP contribution is -2.11. The molecule has 5 nitrogen and oxygen atoms in total. The molecule has 1 aliphatic heterocycles. The van der Waals surface area contributed by atoms with Gasteiger partial charge in [0.15, 0.2) is 16.6 Å². The highest BCUT2D eigenvalue weighted by Crippen LogP contribution is 2.30. The Morgan fingerprint density at radius 3 is 2.85 bits per heavy atom. The largest absolute Gasteiger partial charge is 0.490 e. The SMILES string of the molecule is Cc1cnc(NC(=O)c2ccc3c(c2)OCCCO3)s1. The van der Waals surface area contributed by atoms with Crippen LogP contribution in [0.4, 0.5) is 5.13 Å². The summed E-state index contributed by atoms with van der Waals surface area (Å²) in [5, 5.41) is 3.37. The predicted molar refractivity (Wildman–Crippen MR) is 76.9 cm³/mol. The molecule has 1 amide bonds. The monoisotopic (exact) mass is 290 g/mol. The highest BCUT2D eigenvalue weighted by molar-refractivity contribution is 7.15. The van der Waals surface area contributed by atoms with E-state index in [9.17, 15) is 4.79 Å². The number of aryl methyl sites for hydroxylation is 1. The zero-order chi connectivity index (χ0) is 13.9. The number of hydrogen-bond acceptors (Lipinski definition) is 5. The molecule has 0 unspecified atom stereocenters. The Morgan fingerprint density at radius 2 is 2.10 bits per heavy atom. The van der Waals surface area contributed by atoms with E-state index in [2.05, 4.69) is 10.3 Å². The molecule has 104 valence electrons. The number of benzene rings is 1. The molecule has 1 aromatic carbocycles. The second-order valence-corrected chi connectivity index (χ2v) is 5.68. The number of fused-ring (bicyclic) bond motifs is 1. The van der Waals surface area contributed by atoms with Gasteiger partial charge in [0.1, 0.15) is 0 Å². The Labute approximate surface area is 120 Å². The van der Waals surface area contributed by atoms with E-state index in [0.29, 0.717) is 35.4 Å². The molecule has 2 aromatic rings. The molecule has 2 heterocycles. The normalized spacial score (nSPS) is 13.7. The molecule has 1 N–H and O–H groups in total. The van der Waals surface area contributed by atoms with Gasteiger partial charge in [0, 0.05) is 23.1 Å². The summed E-state index contributed by atoms with van der Waals surface area (Å²) in [4.78, 5) is 17.3. The van der Waals surface area contributed by atoms with Gasteiger partial charge >= 0.3 is 0 Å². The van der Waals surface area contributed by atoms with Gasteiger partial charge in [-0.2, -0.15) is 0 Å². The molecule has 0 radical (unpaired) electrons. The van der Waals surface area contributed by atoms with Crippen molar-refractivity contribution in [1.82, 2.24) is 4.98 Å². The van der Waals surface area contributed by atoms with Gasteiger partial charge < -0.3 is 9.47 Å². The van der Waals surface area contributed by atoms with Crippen LogP contribution in [0.3, 0.4) is 0 Å². The van der Waals surface area contributed by atoms with E-state index in [4.69, 9.17) is 9.47 Å². The molecule has 0 aliphatic carbocycles. The minimum atomic E-state index is -0.199. The predicted octanol–water partition coefficient (Wildman–Crippen LogP) is 2.87. The van der Waals surface area contributed by atoms with Crippen molar-refractivity contribution >= 4 is 22.4 Å². The van der Waals surface area contributed by atoms with E-state index in [1.165, 1.54) is 11.3 Å². The number of amides is 1. The number of ether oxygens (including phenoxy) is 2. The minimum absolute atomic E-state index is 0.199. The lowest BCUT2D eigenvalue weighted by atomic mass is 10.2. The van der Waals surface area contributed by atoms with Crippen LogP contribution >= 0.6 is 11.3 Å². The number of hydrogen-bond donors (Lipinski definition) is 1. The molecule has 6 heteroatoms. The van der Waals surface area contributed by atoms with Gasteiger partial charge in [0.05, 0.1) is 13.2 Å². The van der Waals surface area contributed by atoms with Gasteiger partial charge in [-0.3, -0.25) is 10.1 Å². The van der Waals surface area contributed by atoms with Crippen LogP contribution in [0.2, 0.25) is 0 Å². The van der Waals surface area contributed by atoms with Crippen molar-refractivity contribution in [2.45, 2.75) is 13.3 Å². The number of anilines is 1. The van der Waals surface area contributed by atoms with Crippen LogP contribution in [0.1, 0.15) is 21.7 Å². The molecule has 1 aromatic heterocycles. The fraction of sp³-hybridized carbons (Fsp3) is 0.286. The van der Waals surface area contributed by atoms with Gasteiger partial charge in [-0.1, -0.05) is 0 Å². The molecule has 3 rings (SSSR count). The van der Waals surface area contributed by atoms with E-state index >= 15 is 0 Å². The molecule has 0 saturated heterocycles. The summed E-state index contributed by atoms with van der Waals surface area (Å²) >= 11 is 1.44. The van der Waals surface area contributed by atoms with Crippen LogP contribution in [-0.4, -0.2) is 24.1 Å². The average Bonchev–Trinajstić information content (AvgIpc) is 2.72. The summed E-state index contributed by atoms with van der Waals surface area (Å²) < 4.78 is 11.1. The van der Waals surface area contributed by atoms with Crippen molar-refractivity contribution in [3.63, 3.8) is 0 Å². The zero-order valence-electron chi connectivity index (χ0n) is 11.0. The summed E-state index contributed by atoms with van der Waals surface area (Å²) in [6.45, 7) is 3.18. The Kier molecular flexibility index (Phi) is 3.56. The van der Waals surface area contributed by atoms with Gasteiger partial charge in [-0.05, 0) is 25.1 Å². The average molecular weight is 290 g/mol. The van der Waals surface area contributed by atoms with E-state index in [-0.39, 0.29) is 5.91 Å². The number of carbonyl (C=O) groups is 1. The first-order valence-corrected chi connectivity index (χ1v) is 7.17. The molecular formula is C14H14N2O3S. The third kappa shape index (κ3) is 2.75. The van der Waals surface area contributed by atoms with Crippen LogP contribution in [0.15, 0.2) is 24.4 Å². The Bertz CT molecular complexity index is 639. The third-order valence-electron chi connectivity index (χ3n) is 2.85. The van der Waals surface area contributed by atoms with E-state index in [0.717, 1.165) is 11.3 Å². The molecule has 0 spiro atoms. The van der Waals surface area contributed by atoms with Crippen molar-refractivity contribution < 1.29 is 14.3 Å². The van der Waals surface area contributed by atoms with E-state index < -0.39 is 0 Å². The standard InChI is InChI=1S/C14H14N2O3S/c1-9-8-15-14(20-9)16-13(17)10-3-4-11-12(7-10)19-6-2-5-18-11/h3-4,7-8H,2,5-6H2,1H3,(H,15,16,17). The lowest BCUT2D eigenvalue weighted by molar-refractivity contribution is 0.102. The van der Waals surface area contributed by atoms with Crippen LogP contribution in [0.5, 0.6) is 11.5 Å². The first-order chi connectivity index (χ1) is 9.72. The van der Waals surface area contributed by atoms with Crippen molar-refractivity contribution in [2.75, 3.05) is 18.5 Å². The fourth-order valence-corrected chi connectivity index (χ4v) is 2.55. The van der Waals surface area contributed by atoms with Crippen molar-refractivity contribution in [2.24, 2.45) is 0 Å². The summed E-state index contributed by atoms with van der Waals surface area (Å²) in [6, 6.07) is 5.20. The number of carbonyl (C=O) groups excluding carboxylic acids is 1. The number of rotatable bonds is 2. The highest BCUT2D eigenvalue weighted by atomic mass is 32.1. The maximum Gasteiger partial charge on any atom is 0.257 e. The quantitative estimate of drug-likeness (QED) is 0.924. The van der Waals surface area contributed by atoms with E-state index in [1.807, 2.05) is 6.92 Å². The molecule has 0 bridgehead atoms. The zero-order valence-corrected chi connectivity index (χ0v) is 11.8. The second-order valence-electron chi connectivity index (χ2n) is 4.44. The Morgan fingerprint density at radius 1 is 1.30 bits per heavy atom. The summed E-state index contributed by atoms with van der Waals surface area (Å²) in [6.07, 6.45) is 2.57. The number of aromatic nitrogens is 1. The number of thiazole rings is 1. The topological polar surface area (TPSA) is 60.5 Å². The Hall–Kier alpha value is -2.08. The first-order valence-electron chi connectivity index (χ1n) is 6.36. The molecule has 1 aliphatic rings. The van der Waals surface area contributed by atoms with Crippen molar-refractivity contribution in [3.05, 3.63) is 34.8 Å². The fourth-order valence-electron chi connectivity index (χ4n) is 1.89. The minimum Gasteiger partial charge on any atom is -0.490 e. The molecular weight excluding hydrogens is 276 g/mol. The lowest BCUT2D eigenvalue weighted by Gasteiger charge is -2.08. The second kappa shape index (κ2) is 5.50. The summed E-state index contributed by atoms with van der Waals surface area (Å²) in [7, 11) is 0. The van der Waals surface area contributed by atoms with Crippen LogP contribution in [0, 0.1) is 6.92 Å². The van der Waals surface area contributed by atoms with Gasteiger partial charge in [-0.25, -0.2) is 4.98 Å². The first kappa shape index (κ1) is 12.9.